The lowest BCUT2D eigenvalue weighted by molar-refractivity contribution is 0.318. The molecule has 0 bridgehead atoms. The molecule has 2 fully saturated rings. The van der Waals surface area contributed by atoms with E-state index in [0.717, 1.165) is 11.6 Å². The van der Waals surface area contributed by atoms with Crippen molar-refractivity contribution in [3.05, 3.63) is 30.2 Å². The van der Waals surface area contributed by atoms with Gasteiger partial charge in [-0.25, -0.2) is 0 Å². The van der Waals surface area contributed by atoms with E-state index in [1.807, 2.05) is 6.07 Å². The Bertz CT molecular complexity index is 625. The molecule has 110 valence electrons. The third-order valence-corrected chi connectivity index (χ3v) is 4.78. The Morgan fingerprint density at radius 2 is 2.24 bits per heavy atom. The average Bonchev–Trinajstić information content (AvgIpc) is 3.19. The average molecular weight is 284 g/mol. The standard InChI is InChI=1S/C16H20N4O/c1-11-9-12(16-19-17-10-21-16)4-5-13(11)18-14-6-8-20-7-2-3-15(14)20/h4-5,9-10,14-15,18H,2-3,6-8H2,1H3. The van der Waals surface area contributed by atoms with Crippen molar-refractivity contribution < 1.29 is 4.42 Å². The predicted octanol–water partition coefficient (Wildman–Crippen LogP) is 2.69. The number of hydrogen-bond donors (Lipinski definition) is 1. The van der Waals surface area contributed by atoms with Gasteiger partial charge in [-0.1, -0.05) is 0 Å². The first-order chi connectivity index (χ1) is 10.3. The van der Waals surface area contributed by atoms with Crippen LogP contribution in [0.2, 0.25) is 0 Å². The van der Waals surface area contributed by atoms with Gasteiger partial charge in [0.05, 0.1) is 0 Å². The zero-order chi connectivity index (χ0) is 14.2. The second-order valence-electron chi connectivity index (χ2n) is 6.06. The topological polar surface area (TPSA) is 54.2 Å². The van der Waals surface area contributed by atoms with E-state index in [1.54, 1.807) is 0 Å². The molecule has 2 aromatic rings. The summed E-state index contributed by atoms with van der Waals surface area (Å²) < 4.78 is 5.26. The number of aryl methyl sites for hydroxylation is 1. The van der Waals surface area contributed by atoms with Crippen LogP contribution in [0.4, 0.5) is 5.69 Å². The van der Waals surface area contributed by atoms with Gasteiger partial charge in [-0.2, -0.15) is 0 Å². The quantitative estimate of drug-likeness (QED) is 0.939. The molecule has 4 rings (SSSR count). The van der Waals surface area contributed by atoms with Crippen molar-refractivity contribution in [2.45, 2.75) is 38.3 Å². The van der Waals surface area contributed by atoms with E-state index in [9.17, 15) is 0 Å². The highest BCUT2D eigenvalue weighted by molar-refractivity contribution is 5.62. The molecule has 2 atom stereocenters. The van der Waals surface area contributed by atoms with E-state index in [4.69, 9.17) is 4.42 Å². The van der Waals surface area contributed by atoms with Gasteiger partial charge < -0.3 is 9.73 Å². The lowest BCUT2D eigenvalue weighted by Gasteiger charge is -2.23. The zero-order valence-corrected chi connectivity index (χ0v) is 12.2. The van der Waals surface area contributed by atoms with Crippen molar-refractivity contribution in [1.29, 1.82) is 0 Å². The Morgan fingerprint density at radius 1 is 1.29 bits per heavy atom. The summed E-state index contributed by atoms with van der Waals surface area (Å²) in [6.07, 6.45) is 5.29. The van der Waals surface area contributed by atoms with Gasteiger partial charge in [0, 0.05) is 29.9 Å². The maximum absolute atomic E-state index is 5.26. The second kappa shape index (κ2) is 5.15. The molecule has 0 amide bonds. The van der Waals surface area contributed by atoms with Gasteiger partial charge in [0.25, 0.3) is 0 Å². The molecule has 0 spiro atoms. The molecule has 5 heteroatoms. The van der Waals surface area contributed by atoms with Crippen LogP contribution in [0.5, 0.6) is 0 Å². The summed E-state index contributed by atoms with van der Waals surface area (Å²) in [7, 11) is 0. The molecule has 0 aliphatic carbocycles. The zero-order valence-electron chi connectivity index (χ0n) is 12.2. The van der Waals surface area contributed by atoms with Crippen LogP contribution in [0.15, 0.2) is 29.0 Å². The van der Waals surface area contributed by atoms with E-state index in [1.165, 1.54) is 50.0 Å². The summed E-state index contributed by atoms with van der Waals surface area (Å²) in [4.78, 5) is 2.62. The van der Waals surface area contributed by atoms with Gasteiger partial charge in [-0.15, -0.1) is 10.2 Å². The molecule has 21 heavy (non-hydrogen) atoms. The first-order valence-electron chi connectivity index (χ1n) is 7.69. The predicted molar refractivity (Wildman–Crippen MR) is 81.1 cm³/mol. The van der Waals surface area contributed by atoms with Gasteiger partial charge >= 0.3 is 0 Å². The van der Waals surface area contributed by atoms with E-state index in [2.05, 4.69) is 39.5 Å². The van der Waals surface area contributed by atoms with Crippen LogP contribution in [0, 0.1) is 6.92 Å². The van der Waals surface area contributed by atoms with Crippen molar-refractivity contribution in [2.24, 2.45) is 0 Å². The van der Waals surface area contributed by atoms with Crippen LogP contribution < -0.4 is 5.32 Å². The number of rotatable bonds is 3. The summed E-state index contributed by atoms with van der Waals surface area (Å²) in [6.45, 7) is 4.64. The normalized spacial score (nSPS) is 25.2. The van der Waals surface area contributed by atoms with Crippen molar-refractivity contribution in [2.75, 3.05) is 18.4 Å². The van der Waals surface area contributed by atoms with E-state index >= 15 is 0 Å². The summed E-state index contributed by atoms with van der Waals surface area (Å²) in [5, 5.41) is 11.4. The maximum atomic E-state index is 5.26. The molecule has 0 radical (unpaired) electrons. The summed E-state index contributed by atoms with van der Waals surface area (Å²) >= 11 is 0. The van der Waals surface area contributed by atoms with Crippen LogP contribution in [-0.2, 0) is 0 Å². The minimum absolute atomic E-state index is 0.576. The van der Waals surface area contributed by atoms with Crippen LogP contribution in [0.1, 0.15) is 24.8 Å². The number of benzene rings is 1. The molecule has 5 nitrogen and oxygen atoms in total. The van der Waals surface area contributed by atoms with Crippen molar-refractivity contribution in [3.8, 4) is 11.5 Å². The molecular weight excluding hydrogens is 264 g/mol. The van der Waals surface area contributed by atoms with Crippen molar-refractivity contribution in [3.63, 3.8) is 0 Å². The largest absolute Gasteiger partial charge is 0.423 e. The summed E-state index contributed by atoms with van der Waals surface area (Å²) in [6, 6.07) is 7.59. The minimum atomic E-state index is 0.576. The van der Waals surface area contributed by atoms with Crippen LogP contribution in [0.25, 0.3) is 11.5 Å². The van der Waals surface area contributed by atoms with Crippen LogP contribution in [0.3, 0.4) is 0 Å². The van der Waals surface area contributed by atoms with Gasteiger partial charge in [0.15, 0.2) is 0 Å². The van der Waals surface area contributed by atoms with Gasteiger partial charge in [0.2, 0.25) is 12.3 Å². The minimum Gasteiger partial charge on any atom is -0.423 e. The summed E-state index contributed by atoms with van der Waals surface area (Å²) in [5.74, 6) is 0.576. The molecule has 3 heterocycles. The number of aromatic nitrogens is 2. The van der Waals surface area contributed by atoms with E-state index in [-0.39, 0.29) is 0 Å². The number of anilines is 1. The molecule has 2 aliphatic heterocycles. The Morgan fingerprint density at radius 3 is 3.05 bits per heavy atom. The van der Waals surface area contributed by atoms with E-state index < -0.39 is 0 Å². The smallest absolute Gasteiger partial charge is 0.247 e. The fourth-order valence-corrected chi connectivity index (χ4v) is 3.71. The Hall–Kier alpha value is -1.88. The molecule has 0 saturated carbocycles. The number of nitrogens with zero attached hydrogens (tertiary/aromatic N) is 3. The number of nitrogens with one attached hydrogen (secondary N) is 1. The molecule has 2 unspecified atom stereocenters. The molecule has 2 saturated heterocycles. The lowest BCUT2D eigenvalue weighted by atomic mass is 10.0. The third kappa shape index (κ3) is 2.31. The Labute approximate surface area is 124 Å². The van der Waals surface area contributed by atoms with Crippen LogP contribution in [-0.4, -0.2) is 40.3 Å². The summed E-state index contributed by atoms with van der Waals surface area (Å²) in [5.41, 5.74) is 3.42. The fourth-order valence-electron chi connectivity index (χ4n) is 3.71. The van der Waals surface area contributed by atoms with Crippen LogP contribution >= 0.6 is 0 Å². The monoisotopic (exact) mass is 284 g/mol. The second-order valence-corrected chi connectivity index (χ2v) is 6.06. The molecule has 1 N–H and O–H groups in total. The SMILES string of the molecule is Cc1cc(-c2nnco2)ccc1NC1CCN2CCCC12. The highest BCUT2D eigenvalue weighted by atomic mass is 16.4. The Balaban J connectivity index is 1.53. The number of fused-ring (bicyclic) bond motifs is 1. The molecule has 1 aromatic heterocycles. The highest BCUT2D eigenvalue weighted by Gasteiger charge is 2.37. The van der Waals surface area contributed by atoms with Crippen molar-refractivity contribution in [1.82, 2.24) is 15.1 Å². The maximum Gasteiger partial charge on any atom is 0.247 e. The number of hydrogen-bond acceptors (Lipinski definition) is 5. The first-order valence-corrected chi connectivity index (χ1v) is 7.69. The third-order valence-electron chi connectivity index (χ3n) is 4.78. The first kappa shape index (κ1) is 12.8. The Kier molecular flexibility index (Phi) is 3.15. The molecule has 2 aliphatic rings. The van der Waals surface area contributed by atoms with Gasteiger partial charge in [-0.3, -0.25) is 4.90 Å². The highest BCUT2D eigenvalue weighted by Crippen LogP contribution is 2.31. The molecule has 1 aromatic carbocycles. The fraction of sp³-hybridized carbons (Fsp3) is 0.500. The van der Waals surface area contributed by atoms with E-state index in [0.29, 0.717) is 11.9 Å². The van der Waals surface area contributed by atoms with Gasteiger partial charge in [-0.05, 0) is 56.5 Å². The van der Waals surface area contributed by atoms with Gasteiger partial charge in [0.1, 0.15) is 0 Å². The lowest BCUT2D eigenvalue weighted by Crippen LogP contribution is -2.33. The van der Waals surface area contributed by atoms with Crippen molar-refractivity contribution >= 4 is 5.69 Å². The molecular formula is C16H20N4O.